The maximum absolute atomic E-state index is 12.5. The topological polar surface area (TPSA) is 36.4 Å². The van der Waals surface area contributed by atoms with E-state index < -0.39 is 0 Å². The van der Waals surface area contributed by atoms with E-state index >= 15 is 0 Å². The average Bonchev–Trinajstić information content (AvgIpc) is 2.85. The number of benzene rings is 1. The maximum Gasteiger partial charge on any atom is 0.273 e. The van der Waals surface area contributed by atoms with Crippen LogP contribution < -0.4 is 4.90 Å². The number of piperazine rings is 1. The van der Waals surface area contributed by atoms with Crippen molar-refractivity contribution < 1.29 is 4.79 Å². The summed E-state index contributed by atoms with van der Waals surface area (Å²) < 4.78 is 0.415. The van der Waals surface area contributed by atoms with E-state index in [0.717, 1.165) is 28.7 Å². The number of aromatic nitrogens is 1. The van der Waals surface area contributed by atoms with Crippen LogP contribution in [0.25, 0.3) is 0 Å². The van der Waals surface area contributed by atoms with Gasteiger partial charge in [-0.15, -0.1) is 11.3 Å². The number of amides is 1. The highest BCUT2D eigenvalue weighted by atomic mass is 35.5. The number of carbonyl (C=O) groups excluding carboxylic acids is 1. The standard InChI is InChI=1S/C15H15Cl2N3OS/c1-10-13(18-15(17)22-10)14(21)20-7-5-19(6-8-20)12-4-2-3-11(16)9-12/h2-4,9H,5-8H2,1H3. The van der Waals surface area contributed by atoms with Gasteiger partial charge in [-0.25, -0.2) is 4.98 Å². The first kappa shape index (κ1) is 15.6. The van der Waals surface area contributed by atoms with E-state index in [1.807, 2.05) is 36.1 Å². The number of halogens is 2. The molecule has 0 aliphatic carbocycles. The second-order valence-corrected chi connectivity index (χ2v) is 7.35. The molecule has 116 valence electrons. The highest BCUT2D eigenvalue weighted by Crippen LogP contribution is 2.24. The predicted octanol–water partition coefficient (Wildman–Crippen LogP) is 3.72. The van der Waals surface area contributed by atoms with Gasteiger partial charge in [0.2, 0.25) is 0 Å². The lowest BCUT2D eigenvalue weighted by Crippen LogP contribution is -2.49. The zero-order valence-corrected chi connectivity index (χ0v) is 14.4. The summed E-state index contributed by atoms with van der Waals surface area (Å²) in [7, 11) is 0. The van der Waals surface area contributed by atoms with Gasteiger partial charge >= 0.3 is 0 Å². The Labute approximate surface area is 143 Å². The van der Waals surface area contributed by atoms with Crippen molar-refractivity contribution >= 4 is 46.1 Å². The summed E-state index contributed by atoms with van der Waals surface area (Å²) in [5.41, 5.74) is 1.57. The highest BCUT2D eigenvalue weighted by Gasteiger charge is 2.25. The molecule has 22 heavy (non-hydrogen) atoms. The number of anilines is 1. The molecule has 0 unspecified atom stereocenters. The van der Waals surface area contributed by atoms with Crippen molar-refractivity contribution in [2.45, 2.75) is 6.92 Å². The van der Waals surface area contributed by atoms with Gasteiger partial charge in [0.05, 0.1) is 0 Å². The molecular weight excluding hydrogens is 341 g/mol. The highest BCUT2D eigenvalue weighted by molar-refractivity contribution is 7.15. The molecular formula is C15H15Cl2N3OS. The van der Waals surface area contributed by atoms with Crippen LogP contribution in [0.5, 0.6) is 0 Å². The Bertz CT molecular complexity index is 696. The molecule has 1 amide bonds. The third-order valence-electron chi connectivity index (χ3n) is 3.71. The molecule has 0 N–H and O–H groups in total. The van der Waals surface area contributed by atoms with Gasteiger partial charge in [0.25, 0.3) is 5.91 Å². The molecule has 4 nitrogen and oxygen atoms in total. The first-order valence-electron chi connectivity index (χ1n) is 6.97. The van der Waals surface area contributed by atoms with Crippen molar-refractivity contribution in [2.24, 2.45) is 0 Å². The Morgan fingerprint density at radius 1 is 1.23 bits per heavy atom. The number of carbonyl (C=O) groups is 1. The zero-order valence-electron chi connectivity index (χ0n) is 12.1. The Balaban J connectivity index is 1.67. The number of nitrogens with zero attached hydrogens (tertiary/aromatic N) is 3. The second kappa shape index (κ2) is 6.44. The minimum absolute atomic E-state index is 0.0357. The van der Waals surface area contributed by atoms with Crippen LogP contribution in [0.2, 0.25) is 9.49 Å². The third-order valence-corrected chi connectivity index (χ3v) is 5.02. The van der Waals surface area contributed by atoms with Gasteiger partial charge in [-0.1, -0.05) is 29.3 Å². The Hall–Kier alpha value is -1.30. The summed E-state index contributed by atoms with van der Waals surface area (Å²) in [6.45, 7) is 4.77. The monoisotopic (exact) mass is 355 g/mol. The lowest BCUT2D eigenvalue weighted by atomic mass is 10.2. The van der Waals surface area contributed by atoms with Crippen molar-refractivity contribution in [3.05, 3.63) is 44.3 Å². The minimum Gasteiger partial charge on any atom is -0.368 e. The van der Waals surface area contributed by atoms with Crippen LogP contribution in [-0.4, -0.2) is 42.0 Å². The summed E-state index contributed by atoms with van der Waals surface area (Å²) in [4.78, 5) is 21.6. The van der Waals surface area contributed by atoms with Crippen molar-refractivity contribution in [1.29, 1.82) is 0 Å². The second-order valence-electron chi connectivity index (χ2n) is 5.13. The van der Waals surface area contributed by atoms with E-state index in [2.05, 4.69) is 9.88 Å². The molecule has 1 fully saturated rings. The summed E-state index contributed by atoms with van der Waals surface area (Å²) in [6.07, 6.45) is 0. The van der Waals surface area contributed by atoms with E-state index in [9.17, 15) is 4.79 Å². The van der Waals surface area contributed by atoms with Crippen molar-refractivity contribution in [1.82, 2.24) is 9.88 Å². The largest absolute Gasteiger partial charge is 0.368 e. The minimum atomic E-state index is -0.0357. The van der Waals surface area contributed by atoms with Gasteiger partial charge in [0.15, 0.2) is 4.47 Å². The van der Waals surface area contributed by atoms with Crippen LogP contribution in [0.1, 0.15) is 15.4 Å². The van der Waals surface area contributed by atoms with E-state index in [-0.39, 0.29) is 5.91 Å². The summed E-state index contributed by atoms with van der Waals surface area (Å²) in [6, 6.07) is 7.78. The maximum atomic E-state index is 12.5. The quantitative estimate of drug-likeness (QED) is 0.823. The van der Waals surface area contributed by atoms with Crippen LogP contribution >= 0.6 is 34.5 Å². The molecule has 2 heterocycles. The average molecular weight is 356 g/mol. The van der Waals surface area contributed by atoms with Gasteiger partial charge in [-0.3, -0.25) is 4.79 Å². The Morgan fingerprint density at radius 3 is 2.55 bits per heavy atom. The van der Waals surface area contributed by atoms with Crippen LogP contribution in [0.15, 0.2) is 24.3 Å². The van der Waals surface area contributed by atoms with Crippen LogP contribution in [-0.2, 0) is 0 Å². The van der Waals surface area contributed by atoms with E-state index in [4.69, 9.17) is 23.2 Å². The lowest BCUT2D eigenvalue weighted by molar-refractivity contribution is 0.0741. The normalized spacial score (nSPS) is 15.2. The molecule has 0 bridgehead atoms. The van der Waals surface area contributed by atoms with Gasteiger partial charge in [0, 0.05) is 41.8 Å². The third kappa shape index (κ3) is 3.21. The number of rotatable bonds is 2. The molecule has 1 aliphatic rings. The van der Waals surface area contributed by atoms with Crippen molar-refractivity contribution in [3.63, 3.8) is 0 Å². The molecule has 2 aromatic rings. The number of thiazole rings is 1. The van der Waals surface area contributed by atoms with Crippen LogP contribution in [0.3, 0.4) is 0 Å². The van der Waals surface area contributed by atoms with E-state index in [1.165, 1.54) is 11.3 Å². The molecule has 0 radical (unpaired) electrons. The fourth-order valence-electron chi connectivity index (χ4n) is 2.55. The predicted molar refractivity (Wildman–Crippen MR) is 91.4 cm³/mol. The van der Waals surface area contributed by atoms with Gasteiger partial charge in [-0.05, 0) is 25.1 Å². The number of aryl methyl sites for hydroxylation is 1. The van der Waals surface area contributed by atoms with Crippen molar-refractivity contribution in [3.8, 4) is 0 Å². The molecule has 1 aliphatic heterocycles. The molecule has 3 rings (SSSR count). The first-order chi connectivity index (χ1) is 10.5. The molecule has 0 atom stereocenters. The van der Waals surface area contributed by atoms with E-state index in [1.54, 1.807) is 0 Å². The van der Waals surface area contributed by atoms with Crippen LogP contribution in [0.4, 0.5) is 5.69 Å². The summed E-state index contributed by atoms with van der Waals surface area (Å²) >= 11 is 13.3. The summed E-state index contributed by atoms with van der Waals surface area (Å²) in [5, 5.41) is 0.726. The molecule has 1 saturated heterocycles. The molecule has 1 aromatic carbocycles. The SMILES string of the molecule is Cc1sc(Cl)nc1C(=O)N1CCN(c2cccc(Cl)c2)CC1. The van der Waals surface area contributed by atoms with Crippen molar-refractivity contribution in [2.75, 3.05) is 31.1 Å². The van der Waals surface area contributed by atoms with Gasteiger partial charge < -0.3 is 9.80 Å². The molecule has 1 aromatic heterocycles. The zero-order chi connectivity index (χ0) is 15.7. The molecule has 7 heteroatoms. The smallest absolute Gasteiger partial charge is 0.273 e. The summed E-state index contributed by atoms with van der Waals surface area (Å²) in [5.74, 6) is -0.0357. The van der Waals surface area contributed by atoms with E-state index in [0.29, 0.717) is 23.3 Å². The number of hydrogen-bond donors (Lipinski definition) is 0. The Morgan fingerprint density at radius 2 is 1.95 bits per heavy atom. The molecule has 0 saturated carbocycles. The van der Waals surface area contributed by atoms with Gasteiger partial charge in [-0.2, -0.15) is 0 Å². The fraction of sp³-hybridized carbons (Fsp3) is 0.333. The fourth-order valence-corrected chi connectivity index (χ4v) is 3.79. The van der Waals surface area contributed by atoms with Gasteiger partial charge in [0.1, 0.15) is 5.69 Å². The number of hydrogen-bond acceptors (Lipinski definition) is 4. The Kier molecular flexibility index (Phi) is 4.57. The molecule has 0 spiro atoms. The lowest BCUT2D eigenvalue weighted by Gasteiger charge is -2.36. The first-order valence-corrected chi connectivity index (χ1v) is 8.54. The van der Waals surface area contributed by atoms with Crippen LogP contribution in [0, 0.1) is 6.92 Å².